The van der Waals surface area contributed by atoms with Crippen molar-refractivity contribution < 1.29 is 14.3 Å². The van der Waals surface area contributed by atoms with Gasteiger partial charge in [-0.25, -0.2) is 0 Å². The predicted octanol–water partition coefficient (Wildman–Crippen LogP) is 1.46. The molecule has 1 N–H and O–H groups in total. The molecule has 0 aliphatic rings. The number of aryl methyl sites for hydroxylation is 1. The van der Waals surface area contributed by atoms with Crippen molar-refractivity contribution in [1.29, 1.82) is 0 Å². The van der Waals surface area contributed by atoms with Gasteiger partial charge in [-0.05, 0) is 30.0 Å². The molecule has 0 saturated carbocycles. The Kier molecular flexibility index (Phi) is 5.90. The highest BCUT2D eigenvalue weighted by molar-refractivity contribution is 5.80. The Morgan fingerprint density at radius 2 is 2.00 bits per heavy atom. The van der Waals surface area contributed by atoms with Crippen LogP contribution in [0.15, 0.2) is 29.1 Å². The van der Waals surface area contributed by atoms with Crippen LogP contribution < -0.4 is 5.56 Å². The molecule has 1 aromatic heterocycles. The SMILES string of the molecule is COCCN(Cc1cc2ccc(C)cc2[nH]c1=O)C(=O)COC. The Morgan fingerprint density at radius 1 is 1.22 bits per heavy atom. The molecule has 1 amide bonds. The van der Waals surface area contributed by atoms with E-state index in [1.54, 1.807) is 12.0 Å². The van der Waals surface area contributed by atoms with E-state index in [0.717, 1.165) is 16.5 Å². The van der Waals surface area contributed by atoms with Crippen LogP contribution in [0.2, 0.25) is 0 Å². The third kappa shape index (κ3) is 4.40. The number of hydrogen-bond donors (Lipinski definition) is 1. The molecule has 0 saturated heterocycles. The van der Waals surface area contributed by atoms with E-state index in [4.69, 9.17) is 9.47 Å². The number of carbonyl (C=O) groups excluding carboxylic acids is 1. The van der Waals surface area contributed by atoms with Crippen LogP contribution in [0, 0.1) is 6.92 Å². The van der Waals surface area contributed by atoms with Crippen molar-refractivity contribution in [1.82, 2.24) is 9.88 Å². The number of aromatic amines is 1. The molecule has 23 heavy (non-hydrogen) atoms. The number of methoxy groups -OCH3 is 2. The van der Waals surface area contributed by atoms with Gasteiger partial charge in [0.05, 0.1) is 13.2 Å². The van der Waals surface area contributed by atoms with Crippen molar-refractivity contribution in [2.24, 2.45) is 0 Å². The van der Waals surface area contributed by atoms with Crippen LogP contribution in [0.5, 0.6) is 0 Å². The minimum absolute atomic E-state index is 0.0194. The lowest BCUT2D eigenvalue weighted by molar-refractivity contribution is -0.136. The number of H-pyrrole nitrogens is 1. The molecule has 0 fully saturated rings. The Bertz CT molecular complexity index is 739. The number of benzene rings is 1. The smallest absolute Gasteiger partial charge is 0.253 e. The quantitative estimate of drug-likeness (QED) is 0.839. The maximum atomic E-state index is 12.3. The summed E-state index contributed by atoms with van der Waals surface area (Å²) in [5.41, 5.74) is 2.24. The van der Waals surface area contributed by atoms with Gasteiger partial charge in [-0.15, -0.1) is 0 Å². The van der Waals surface area contributed by atoms with Gasteiger partial charge in [-0.1, -0.05) is 12.1 Å². The first-order chi connectivity index (χ1) is 11.0. The van der Waals surface area contributed by atoms with Gasteiger partial charge in [0.1, 0.15) is 6.61 Å². The number of nitrogens with one attached hydrogen (secondary N) is 1. The van der Waals surface area contributed by atoms with Gasteiger partial charge in [0.25, 0.3) is 5.56 Å². The second-order valence-corrected chi connectivity index (χ2v) is 5.46. The van der Waals surface area contributed by atoms with E-state index in [1.807, 2.05) is 31.2 Å². The second-order valence-electron chi connectivity index (χ2n) is 5.46. The highest BCUT2D eigenvalue weighted by Crippen LogP contribution is 2.14. The van der Waals surface area contributed by atoms with E-state index in [-0.39, 0.29) is 24.6 Å². The molecule has 0 unspecified atom stereocenters. The first-order valence-corrected chi connectivity index (χ1v) is 7.43. The van der Waals surface area contributed by atoms with E-state index < -0.39 is 0 Å². The summed E-state index contributed by atoms with van der Waals surface area (Å²) in [7, 11) is 3.04. The van der Waals surface area contributed by atoms with Crippen molar-refractivity contribution in [2.45, 2.75) is 13.5 Å². The van der Waals surface area contributed by atoms with Crippen molar-refractivity contribution in [3.05, 3.63) is 45.7 Å². The summed E-state index contributed by atoms with van der Waals surface area (Å²) in [6, 6.07) is 7.70. The number of nitrogens with zero attached hydrogens (tertiary/aromatic N) is 1. The number of amides is 1. The molecule has 124 valence electrons. The molecule has 2 aromatic rings. The largest absolute Gasteiger partial charge is 0.383 e. The normalized spacial score (nSPS) is 10.9. The van der Waals surface area contributed by atoms with Crippen LogP contribution in [-0.4, -0.2) is 49.8 Å². The number of carbonyl (C=O) groups is 1. The van der Waals surface area contributed by atoms with E-state index in [9.17, 15) is 9.59 Å². The van der Waals surface area contributed by atoms with E-state index in [0.29, 0.717) is 18.7 Å². The fraction of sp³-hybridized carbons (Fsp3) is 0.412. The summed E-state index contributed by atoms with van der Waals surface area (Å²) >= 11 is 0. The molecule has 0 atom stereocenters. The van der Waals surface area contributed by atoms with Crippen LogP contribution in [0.1, 0.15) is 11.1 Å². The number of hydrogen-bond acceptors (Lipinski definition) is 4. The average Bonchev–Trinajstić information content (AvgIpc) is 2.52. The zero-order chi connectivity index (χ0) is 16.8. The summed E-state index contributed by atoms with van der Waals surface area (Å²) in [6.07, 6.45) is 0. The van der Waals surface area contributed by atoms with Crippen LogP contribution in [0.25, 0.3) is 10.9 Å². The van der Waals surface area contributed by atoms with Crippen molar-refractivity contribution in [2.75, 3.05) is 34.0 Å². The lowest BCUT2D eigenvalue weighted by Crippen LogP contribution is -2.37. The second kappa shape index (κ2) is 7.89. The van der Waals surface area contributed by atoms with Crippen LogP contribution in [0.4, 0.5) is 0 Å². The van der Waals surface area contributed by atoms with Crippen LogP contribution in [0.3, 0.4) is 0 Å². The number of fused-ring (bicyclic) bond motifs is 1. The standard InChI is InChI=1S/C17H22N2O4/c1-12-4-5-13-9-14(17(21)18-15(13)8-12)10-19(6-7-22-2)16(20)11-23-3/h4-5,8-9H,6-7,10-11H2,1-3H3,(H,18,21). The number of ether oxygens (including phenoxy) is 2. The van der Waals surface area contributed by atoms with Gasteiger partial charge < -0.3 is 19.4 Å². The molecule has 0 radical (unpaired) electrons. The first kappa shape index (κ1) is 17.2. The molecule has 6 nitrogen and oxygen atoms in total. The summed E-state index contributed by atoms with van der Waals surface area (Å²) in [5.74, 6) is -0.173. The minimum Gasteiger partial charge on any atom is -0.383 e. The topological polar surface area (TPSA) is 71.6 Å². The third-order valence-corrected chi connectivity index (χ3v) is 3.63. The Hall–Kier alpha value is -2.18. The third-order valence-electron chi connectivity index (χ3n) is 3.63. The van der Waals surface area contributed by atoms with Crippen LogP contribution >= 0.6 is 0 Å². The van der Waals surface area contributed by atoms with Gasteiger partial charge in [-0.3, -0.25) is 9.59 Å². The molecule has 2 rings (SSSR count). The molecule has 0 aliphatic carbocycles. The first-order valence-electron chi connectivity index (χ1n) is 7.43. The van der Waals surface area contributed by atoms with Crippen molar-refractivity contribution in [3.63, 3.8) is 0 Å². The van der Waals surface area contributed by atoms with Gasteiger partial charge in [-0.2, -0.15) is 0 Å². The van der Waals surface area contributed by atoms with Gasteiger partial charge >= 0.3 is 0 Å². The van der Waals surface area contributed by atoms with Gasteiger partial charge in [0, 0.05) is 31.8 Å². The summed E-state index contributed by atoms with van der Waals surface area (Å²) in [5, 5.41) is 0.941. The summed E-state index contributed by atoms with van der Waals surface area (Å²) in [6.45, 7) is 2.99. The van der Waals surface area contributed by atoms with Crippen LogP contribution in [-0.2, 0) is 20.8 Å². The van der Waals surface area contributed by atoms with Gasteiger partial charge in [0.15, 0.2) is 0 Å². The molecule has 1 aromatic carbocycles. The van der Waals surface area contributed by atoms with E-state index in [1.165, 1.54) is 7.11 Å². The summed E-state index contributed by atoms with van der Waals surface area (Å²) < 4.78 is 9.93. The molecule has 6 heteroatoms. The number of pyridine rings is 1. The molecule has 1 heterocycles. The summed E-state index contributed by atoms with van der Waals surface area (Å²) in [4.78, 5) is 28.8. The lowest BCUT2D eigenvalue weighted by atomic mass is 10.1. The van der Waals surface area contributed by atoms with Crippen molar-refractivity contribution >= 4 is 16.8 Å². The molecule has 0 aliphatic heterocycles. The molecular formula is C17H22N2O4. The monoisotopic (exact) mass is 318 g/mol. The maximum Gasteiger partial charge on any atom is 0.253 e. The molecule has 0 bridgehead atoms. The average molecular weight is 318 g/mol. The highest BCUT2D eigenvalue weighted by Gasteiger charge is 2.15. The fourth-order valence-electron chi connectivity index (χ4n) is 2.39. The predicted molar refractivity (Wildman–Crippen MR) is 88.5 cm³/mol. The minimum atomic E-state index is -0.185. The molecule has 0 spiro atoms. The Morgan fingerprint density at radius 3 is 2.70 bits per heavy atom. The highest BCUT2D eigenvalue weighted by atomic mass is 16.5. The number of rotatable bonds is 7. The zero-order valence-corrected chi connectivity index (χ0v) is 13.7. The van der Waals surface area contributed by atoms with Gasteiger partial charge in [0.2, 0.25) is 5.91 Å². The Labute approximate surface area is 135 Å². The zero-order valence-electron chi connectivity index (χ0n) is 13.7. The number of aromatic nitrogens is 1. The van der Waals surface area contributed by atoms with Crippen molar-refractivity contribution in [3.8, 4) is 0 Å². The maximum absolute atomic E-state index is 12.3. The lowest BCUT2D eigenvalue weighted by Gasteiger charge is -2.22. The fourth-order valence-corrected chi connectivity index (χ4v) is 2.39. The van der Waals surface area contributed by atoms with E-state index in [2.05, 4.69) is 4.98 Å². The Balaban J connectivity index is 2.29. The molecular weight excluding hydrogens is 296 g/mol. The van der Waals surface area contributed by atoms with E-state index >= 15 is 0 Å².